The van der Waals surface area contributed by atoms with Gasteiger partial charge in [-0.05, 0) is 103 Å². The first kappa shape index (κ1) is 36.6. The number of carbonyl (C=O) groups is 3. The maximum absolute atomic E-state index is 14.3. The number of hydrogen-bond acceptors (Lipinski definition) is 12. The molecule has 1 saturated carbocycles. The molecule has 0 unspecified atom stereocenters. The topological polar surface area (TPSA) is 168 Å². The Morgan fingerprint density at radius 3 is 2.21 bits per heavy atom. The summed E-state index contributed by atoms with van der Waals surface area (Å²) in [6.45, 7) is 13.6. The summed E-state index contributed by atoms with van der Waals surface area (Å²) in [6.07, 6.45) is 0.133. The molecule has 1 aliphatic heterocycles. The highest BCUT2D eigenvalue weighted by Gasteiger charge is 2.68. The van der Waals surface area contributed by atoms with Gasteiger partial charge in [-0.25, -0.2) is 27.9 Å². The standard InChI is InChI=1S/C37H43N5O9S/c1-20(2)52(46,47)23-17-29(49-10)31(38-19-23)39-30-24-13-11-21(15-28(24)42(40-30)34(45)51-36(6,7)8)26-18-37(26)25-16-22(48-9)12-14-27(25)41(32(37)43)33(44)50-35(3,4)5/h11-17,19-20,26H,18H2,1-10H3,(H,38,39,40)/t26-,37-/m0/s1. The number of hydrogen-bond donors (Lipinski definition) is 1. The number of anilines is 3. The third-order valence-corrected chi connectivity index (χ3v) is 11.1. The number of pyridine rings is 1. The Morgan fingerprint density at radius 1 is 0.923 bits per heavy atom. The number of imide groups is 1. The molecule has 2 aliphatic rings. The Labute approximate surface area is 302 Å². The van der Waals surface area contributed by atoms with E-state index in [1.165, 1.54) is 26.5 Å². The first-order valence-electron chi connectivity index (χ1n) is 16.8. The van der Waals surface area contributed by atoms with Crippen LogP contribution < -0.4 is 19.7 Å². The molecule has 2 amide bonds. The molecular weight excluding hydrogens is 690 g/mol. The van der Waals surface area contributed by atoms with Crippen LogP contribution in [-0.4, -0.2) is 71.9 Å². The van der Waals surface area contributed by atoms with Crippen molar-refractivity contribution in [3.63, 3.8) is 0 Å². The maximum Gasteiger partial charge on any atom is 0.435 e. The highest BCUT2D eigenvalue weighted by atomic mass is 32.2. The Morgan fingerprint density at radius 2 is 1.60 bits per heavy atom. The third-order valence-electron chi connectivity index (χ3n) is 8.95. The lowest BCUT2D eigenvalue weighted by atomic mass is 9.91. The van der Waals surface area contributed by atoms with Crippen LogP contribution in [0.25, 0.3) is 10.9 Å². The van der Waals surface area contributed by atoms with Gasteiger partial charge < -0.3 is 24.3 Å². The maximum atomic E-state index is 14.3. The molecule has 0 saturated heterocycles. The van der Waals surface area contributed by atoms with Crippen molar-refractivity contribution >= 4 is 56.2 Å². The van der Waals surface area contributed by atoms with E-state index in [4.69, 9.17) is 18.9 Å². The molecule has 1 spiro atoms. The number of carbonyl (C=O) groups excluding carboxylic acids is 3. The van der Waals surface area contributed by atoms with Crippen LogP contribution in [0.5, 0.6) is 11.5 Å². The molecular formula is C37H43N5O9S. The van der Waals surface area contributed by atoms with Gasteiger partial charge in [0.15, 0.2) is 27.2 Å². The number of ether oxygens (including phenoxy) is 4. The zero-order chi connectivity index (χ0) is 38.1. The van der Waals surface area contributed by atoms with E-state index in [1.54, 1.807) is 85.7 Å². The number of benzene rings is 2. The van der Waals surface area contributed by atoms with Gasteiger partial charge in [-0.2, -0.15) is 4.68 Å². The SMILES string of the molecule is COc1ccc2c(c1)[C@]1(C[C@H]1c1ccc3c(Nc4ncc(S(=O)(=O)C(C)C)cc4OC)nn(C(=O)OC(C)(C)C)c3c1)C(=O)N2C(=O)OC(C)(C)C. The number of amides is 2. The van der Waals surface area contributed by atoms with Gasteiger partial charge in [0.2, 0.25) is 5.91 Å². The normalized spacial score (nSPS) is 18.5. The van der Waals surface area contributed by atoms with Crippen molar-refractivity contribution in [3.8, 4) is 11.5 Å². The fourth-order valence-electron chi connectivity index (χ4n) is 6.41. The average molecular weight is 734 g/mol. The summed E-state index contributed by atoms with van der Waals surface area (Å²) in [4.78, 5) is 46.7. The minimum absolute atomic E-state index is 0.00272. The van der Waals surface area contributed by atoms with Gasteiger partial charge in [-0.3, -0.25) is 4.79 Å². The van der Waals surface area contributed by atoms with Crippen LogP contribution >= 0.6 is 0 Å². The average Bonchev–Trinajstić information content (AvgIpc) is 3.64. The minimum Gasteiger partial charge on any atom is -0.497 e. The zero-order valence-corrected chi connectivity index (χ0v) is 31.7. The van der Waals surface area contributed by atoms with Crippen molar-refractivity contribution in [2.75, 3.05) is 24.4 Å². The number of aromatic nitrogens is 3. The van der Waals surface area contributed by atoms with E-state index < -0.39 is 49.8 Å². The van der Waals surface area contributed by atoms with Gasteiger partial charge in [0.1, 0.15) is 17.0 Å². The second kappa shape index (κ2) is 12.5. The second-order valence-electron chi connectivity index (χ2n) is 15.2. The number of methoxy groups -OCH3 is 2. The summed E-state index contributed by atoms with van der Waals surface area (Å²) < 4.78 is 49.1. The summed E-state index contributed by atoms with van der Waals surface area (Å²) >= 11 is 0. The fourth-order valence-corrected chi connectivity index (χ4v) is 7.42. The lowest BCUT2D eigenvalue weighted by molar-refractivity contribution is -0.120. The van der Waals surface area contributed by atoms with Crippen LogP contribution in [0.15, 0.2) is 53.6 Å². The predicted molar refractivity (Wildman–Crippen MR) is 194 cm³/mol. The molecule has 1 N–H and O–H groups in total. The molecule has 52 heavy (non-hydrogen) atoms. The van der Waals surface area contributed by atoms with Crippen molar-refractivity contribution in [3.05, 3.63) is 59.8 Å². The van der Waals surface area contributed by atoms with Crippen LogP contribution in [0.1, 0.15) is 78.9 Å². The second-order valence-corrected chi connectivity index (χ2v) is 17.7. The number of sulfone groups is 1. The molecule has 2 aromatic carbocycles. The number of nitrogens with one attached hydrogen (secondary N) is 1. The monoisotopic (exact) mass is 733 g/mol. The first-order valence-corrected chi connectivity index (χ1v) is 18.3. The van der Waals surface area contributed by atoms with E-state index in [0.29, 0.717) is 34.3 Å². The summed E-state index contributed by atoms with van der Waals surface area (Å²) in [5.41, 5.74) is -0.535. The molecule has 14 nitrogen and oxygen atoms in total. The van der Waals surface area contributed by atoms with Crippen molar-refractivity contribution in [1.29, 1.82) is 0 Å². The summed E-state index contributed by atoms with van der Waals surface area (Å²) in [7, 11) is -0.702. The quantitative estimate of drug-likeness (QED) is 0.210. The minimum atomic E-state index is -3.63. The summed E-state index contributed by atoms with van der Waals surface area (Å²) in [5, 5.41) is 7.51. The van der Waals surface area contributed by atoms with Crippen LogP contribution in [0, 0.1) is 0 Å². The fraction of sp³-hybridized carbons (Fsp3) is 0.432. The highest BCUT2D eigenvalue weighted by molar-refractivity contribution is 7.92. The number of fused-ring (bicyclic) bond motifs is 3. The lowest BCUT2D eigenvalue weighted by Crippen LogP contribution is -2.41. The molecule has 2 aromatic heterocycles. The van der Waals surface area contributed by atoms with E-state index in [1.807, 2.05) is 6.07 Å². The summed E-state index contributed by atoms with van der Waals surface area (Å²) in [5.74, 6) is 0.330. The first-order chi connectivity index (χ1) is 24.2. The molecule has 276 valence electrons. The number of nitrogens with zero attached hydrogens (tertiary/aromatic N) is 4. The molecule has 0 bridgehead atoms. The third kappa shape index (κ3) is 6.31. The summed E-state index contributed by atoms with van der Waals surface area (Å²) in [6, 6.07) is 11.9. The van der Waals surface area contributed by atoms with Gasteiger partial charge in [0.05, 0.1) is 41.0 Å². The van der Waals surface area contributed by atoms with Crippen molar-refractivity contribution in [1.82, 2.24) is 14.8 Å². The van der Waals surface area contributed by atoms with Gasteiger partial charge in [-0.15, -0.1) is 5.10 Å². The molecule has 0 radical (unpaired) electrons. The molecule has 4 aromatic rings. The Balaban J connectivity index is 1.43. The van der Waals surface area contributed by atoms with Crippen molar-refractivity contribution in [2.45, 2.75) is 94.5 Å². The van der Waals surface area contributed by atoms with Crippen LogP contribution in [0.3, 0.4) is 0 Å². The Hall–Kier alpha value is -5.18. The van der Waals surface area contributed by atoms with Gasteiger partial charge in [-0.1, -0.05) is 6.07 Å². The van der Waals surface area contributed by atoms with Crippen molar-refractivity contribution in [2.24, 2.45) is 0 Å². The van der Waals surface area contributed by atoms with Crippen LogP contribution in [0.2, 0.25) is 0 Å². The Kier molecular flexibility index (Phi) is 8.80. The molecule has 1 fully saturated rings. The highest BCUT2D eigenvalue weighted by Crippen LogP contribution is 2.67. The van der Waals surface area contributed by atoms with E-state index >= 15 is 0 Å². The van der Waals surface area contributed by atoms with Crippen LogP contribution in [-0.2, 0) is 29.5 Å². The van der Waals surface area contributed by atoms with Crippen molar-refractivity contribution < 1.29 is 41.7 Å². The van der Waals surface area contributed by atoms with Crippen LogP contribution in [0.4, 0.5) is 26.9 Å². The van der Waals surface area contributed by atoms with E-state index in [-0.39, 0.29) is 28.2 Å². The zero-order valence-electron chi connectivity index (χ0n) is 30.9. The van der Waals surface area contributed by atoms with Gasteiger partial charge in [0, 0.05) is 23.6 Å². The lowest BCUT2D eigenvalue weighted by Gasteiger charge is -2.24. The van der Waals surface area contributed by atoms with E-state index in [2.05, 4.69) is 15.4 Å². The number of rotatable bonds is 7. The van der Waals surface area contributed by atoms with Gasteiger partial charge >= 0.3 is 12.2 Å². The van der Waals surface area contributed by atoms with E-state index in [9.17, 15) is 22.8 Å². The molecule has 3 heterocycles. The van der Waals surface area contributed by atoms with E-state index in [0.717, 1.165) is 15.1 Å². The Bertz CT molecular complexity index is 2230. The molecule has 1 aliphatic carbocycles. The van der Waals surface area contributed by atoms with Gasteiger partial charge in [0.25, 0.3) is 0 Å². The predicted octanol–water partition coefficient (Wildman–Crippen LogP) is 6.86. The smallest absolute Gasteiger partial charge is 0.435 e. The largest absolute Gasteiger partial charge is 0.497 e. The molecule has 15 heteroatoms. The molecule has 6 rings (SSSR count). The molecule has 2 atom stereocenters.